The molecule has 2 saturated carbocycles. The Labute approximate surface area is 164 Å². The van der Waals surface area contributed by atoms with Crippen molar-refractivity contribution >= 4 is 0 Å². The van der Waals surface area contributed by atoms with Gasteiger partial charge in [-0.05, 0) is 42.9 Å². The molecule has 0 heterocycles. The third kappa shape index (κ3) is 7.62. The van der Waals surface area contributed by atoms with Crippen molar-refractivity contribution in [2.45, 2.75) is 123 Å². The fourth-order valence-corrected chi connectivity index (χ4v) is 5.71. The smallest absolute Gasteiger partial charge is 0.0658 e. The second-order valence-corrected chi connectivity index (χ2v) is 9.63. The predicted octanol–water partition coefficient (Wildman–Crippen LogP) is 8.29. The van der Waals surface area contributed by atoms with E-state index in [-0.39, 0.29) is 0 Å². The molecule has 2 rings (SSSR count). The van der Waals surface area contributed by atoms with E-state index in [1.54, 1.807) is 0 Å². The zero-order valence-electron chi connectivity index (χ0n) is 17.9. The van der Waals surface area contributed by atoms with Crippen LogP contribution in [0, 0.1) is 40.9 Å². The lowest BCUT2D eigenvalue weighted by Gasteiger charge is -2.34. The van der Waals surface area contributed by atoms with Crippen LogP contribution in [0.5, 0.6) is 0 Å². The Bertz CT molecular complexity index is 379. The molecular formula is C25H45N. The summed E-state index contributed by atoms with van der Waals surface area (Å²) in [7, 11) is 0. The molecule has 1 nitrogen and oxygen atoms in total. The van der Waals surface area contributed by atoms with Crippen molar-refractivity contribution in [3.8, 4) is 6.07 Å². The van der Waals surface area contributed by atoms with Crippen LogP contribution in [0.1, 0.15) is 123 Å². The van der Waals surface area contributed by atoms with Gasteiger partial charge in [-0.2, -0.15) is 5.26 Å². The first kappa shape index (κ1) is 21.8. The summed E-state index contributed by atoms with van der Waals surface area (Å²) in [5.41, 5.74) is 0. The molecule has 0 bridgehead atoms. The molecule has 2 aliphatic rings. The molecule has 1 unspecified atom stereocenters. The van der Waals surface area contributed by atoms with Gasteiger partial charge in [0.25, 0.3) is 0 Å². The number of hydrogen-bond acceptors (Lipinski definition) is 1. The van der Waals surface area contributed by atoms with Gasteiger partial charge in [-0.1, -0.05) is 104 Å². The standard InChI is InChI=1S/C25H45N/c1-3-5-7-9-21-11-13-23(14-12-21)19-25(20-26)24-17-15-22(16-18-24)10-8-6-4-2/h21-25H,3-19H2,1-2H3. The van der Waals surface area contributed by atoms with Crippen molar-refractivity contribution in [1.29, 1.82) is 5.26 Å². The lowest BCUT2D eigenvalue weighted by molar-refractivity contribution is 0.177. The van der Waals surface area contributed by atoms with Crippen LogP contribution in [-0.4, -0.2) is 0 Å². The Morgan fingerprint density at radius 2 is 1.15 bits per heavy atom. The molecule has 0 aliphatic heterocycles. The van der Waals surface area contributed by atoms with Gasteiger partial charge in [0.05, 0.1) is 6.07 Å². The van der Waals surface area contributed by atoms with E-state index in [9.17, 15) is 5.26 Å². The summed E-state index contributed by atoms with van der Waals surface area (Å²) in [6, 6.07) is 2.74. The highest BCUT2D eigenvalue weighted by Gasteiger charge is 2.30. The van der Waals surface area contributed by atoms with Gasteiger partial charge in [0, 0.05) is 5.92 Å². The highest BCUT2D eigenvalue weighted by atomic mass is 14.4. The highest BCUT2D eigenvalue weighted by molar-refractivity contribution is 4.92. The van der Waals surface area contributed by atoms with Crippen molar-refractivity contribution in [2.75, 3.05) is 0 Å². The minimum absolute atomic E-state index is 0.355. The lowest BCUT2D eigenvalue weighted by atomic mass is 9.70. The molecule has 0 saturated heterocycles. The third-order valence-electron chi connectivity index (χ3n) is 7.61. The van der Waals surface area contributed by atoms with E-state index >= 15 is 0 Å². The first-order valence-corrected chi connectivity index (χ1v) is 12.2. The molecule has 2 fully saturated rings. The number of hydrogen-bond donors (Lipinski definition) is 0. The van der Waals surface area contributed by atoms with E-state index in [4.69, 9.17) is 0 Å². The number of rotatable bonds is 11. The van der Waals surface area contributed by atoms with E-state index in [0.717, 1.165) is 17.8 Å². The fourth-order valence-electron chi connectivity index (χ4n) is 5.71. The molecule has 1 atom stereocenters. The maximum absolute atomic E-state index is 9.79. The molecule has 150 valence electrons. The van der Waals surface area contributed by atoms with Crippen LogP contribution < -0.4 is 0 Å². The highest BCUT2D eigenvalue weighted by Crippen LogP contribution is 2.41. The van der Waals surface area contributed by atoms with Crippen LogP contribution in [-0.2, 0) is 0 Å². The van der Waals surface area contributed by atoms with E-state index < -0.39 is 0 Å². The Morgan fingerprint density at radius 1 is 0.692 bits per heavy atom. The molecule has 0 aromatic heterocycles. The van der Waals surface area contributed by atoms with E-state index in [0.29, 0.717) is 11.8 Å². The molecular weight excluding hydrogens is 314 g/mol. The second-order valence-electron chi connectivity index (χ2n) is 9.63. The zero-order chi connectivity index (χ0) is 18.6. The molecule has 0 amide bonds. The van der Waals surface area contributed by atoms with Crippen molar-refractivity contribution < 1.29 is 0 Å². The van der Waals surface area contributed by atoms with E-state index in [1.165, 1.54) is 109 Å². The van der Waals surface area contributed by atoms with Gasteiger partial charge in [0.1, 0.15) is 0 Å². The van der Waals surface area contributed by atoms with Crippen molar-refractivity contribution in [3.63, 3.8) is 0 Å². The zero-order valence-corrected chi connectivity index (χ0v) is 17.9. The molecule has 0 spiro atoms. The van der Waals surface area contributed by atoms with Crippen LogP contribution in [0.2, 0.25) is 0 Å². The van der Waals surface area contributed by atoms with Crippen molar-refractivity contribution in [2.24, 2.45) is 29.6 Å². The summed E-state index contributed by atoms with van der Waals surface area (Å²) in [5, 5.41) is 9.79. The molecule has 0 aromatic carbocycles. The topological polar surface area (TPSA) is 23.8 Å². The normalized spacial score (nSPS) is 30.7. The largest absolute Gasteiger partial charge is 0.198 e. The van der Waals surface area contributed by atoms with Crippen LogP contribution in [0.15, 0.2) is 0 Å². The maximum atomic E-state index is 9.79. The quantitative estimate of drug-likeness (QED) is 0.340. The average molecular weight is 360 g/mol. The summed E-state index contributed by atoms with van der Waals surface area (Å²) in [4.78, 5) is 0. The maximum Gasteiger partial charge on any atom is 0.0658 e. The van der Waals surface area contributed by atoms with E-state index in [2.05, 4.69) is 19.9 Å². The van der Waals surface area contributed by atoms with Gasteiger partial charge in [0.15, 0.2) is 0 Å². The SMILES string of the molecule is CCCCCC1CCC(CC(C#N)C2CCC(CCCCC)CC2)CC1. The summed E-state index contributed by atoms with van der Waals surface area (Å²) >= 11 is 0. The Kier molecular flexibility index (Phi) is 10.7. The van der Waals surface area contributed by atoms with Gasteiger partial charge in [-0.25, -0.2) is 0 Å². The van der Waals surface area contributed by atoms with Crippen molar-refractivity contribution in [3.05, 3.63) is 0 Å². The van der Waals surface area contributed by atoms with Gasteiger partial charge >= 0.3 is 0 Å². The minimum Gasteiger partial charge on any atom is -0.198 e. The molecule has 0 radical (unpaired) electrons. The van der Waals surface area contributed by atoms with Crippen LogP contribution in [0.25, 0.3) is 0 Å². The fraction of sp³-hybridized carbons (Fsp3) is 0.960. The summed E-state index contributed by atoms with van der Waals surface area (Å²) < 4.78 is 0. The number of nitrogens with zero attached hydrogens (tertiary/aromatic N) is 1. The van der Waals surface area contributed by atoms with Crippen LogP contribution in [0.3, 0.4) is 0 Å². The molecule has 0 aromatic rings. The minimum atomic E-state index is 0.355. The Morgan fingerprint density at radius 3 is 1.62 bits per heavy atom. The monoisotopic (exact) mass is 359 g/mol. The predicted molar refractivity (Wildman–Crippen MR) is 113 cm³/mol. The number of unbranched alkanes of at least 4 members (excludes halogenated alkanes) is 4. The average Bonchev–Trinajstić information content (AvgIpc) is 2.68. The van der Waals surface area contributed by atoms with E-state index in [1.807, 2.05) is 0 Å². The Hall–Kier alpha value is -0.510. The second kappa shape index (κ2) is 12.8. The first-order chi connectivity index (χ1) is 12.8. The molecule has 1 heteroatoms. The third-order valence-corrected chi connectivity index (χ3v) is 7.61. The molecule has 2 aliphatic carbocycles. The van der Waals surface area contributed by atoms with Crippen LogP contribution in [0.4, 0.5) is 0 Å². The number of nitriles is 1. The van der Waals surface area contributed by atoms with Crippen molar-refractivity contribution in [1.82, 2.24) is 0 Å². The van der Waals surface area contributed by atoms with Crippen LogP contribution >= 0.6 is 0 Å². The summed E-state index contributed by atoms with van der Waals surface area (Å²) in [6.07, 6.45) is 23.6. The first-order valence-electron chi connectivity index (χ1n) is 12.2. The Balaban J connectivity index is 1.65. The summed E-state index contributed by atoms with van der Waals surface area (Å²) in [6.45, 7) is 4.60. The lowest BCUT2D eigenvalue weighted by Crippen LogP contribution is -2.24. The van der Waals surface area contributed by atoms with Gasteiger partial charge in [-0.3, -0.25) is 0 Å². The molecule has 26 heavy (non-hydrogen) atoms. The molecule has 0 N–H and O–H groups in total. The van der Waals surface area contributed by atoms with Gasteiger partial charge < -0.3 is 0 Å². The van der Waals surface area contributed by atoms with Gasteiger partial charge in [-0.15, -0.1) is 0 Å². The van der Waals surface area contributed by atoms with Gasteiger partial charge in [0.2, 0.25) is 0 Å². The summed E-state index contributed by atoms with van der Waals surface area (Å²) in [5.74, 6) is 3.88.